The van der Waals surface area contributed by atoms with Crippen LogP contribution in [-0.4, -0.2) is 11.3 Å². The molecule has 1 fully saturated rings. The van der Waals surface area contributed by atoms with E-state index in [0.717, 1.165) is 12.8 Å². The molecule has 14 heavy (non-hydrogen) atoms. The molecule has 1 aromatic rings. The third-order valence-corrected chi connectivity index (χ3v) is 2.41. The Bertz CT molecular complexity index is 372. The summed E-state index contributed by atoms with van der Waals surface area (Å²) in [5.74, 6) is 0.486. The van der Waals surface area contributed by atoms with Gasteiger partial charge in [-0.15, -0.1) is 0 Å². The predicted molar refractivity (Wildman–Crippen MR) is 55.3 cm³/mol. The van der Waals surface area contributed by atoms with Crippen LogP contribution < -0.4 is 4.74 Å². The van der Waals surface area contributed by atoms with Gasteiger partial charge in [0.15, 0.2) is 0 Å². The van der Waals surface area contributed by atoms with Crippen molar-refractivity contribution in [3.05, 3.63) is 28.8 Å². The van der Waals surface area contributed by atoms with Crippen LogP contribution in [-0.2, 0) is 0 Å². The Labute approximate surface area is 91.8 Å². The summed E-state index contributed by atoms with van der Waals surface area (Å²) in [6, 6.07) is 4.82. The van der Waals surface area contributed by atoms with Crippen LogP contribution in [0, 0.1) is 0 Å². The first kappa shape index (κ1) is 9.81. The molecule has 0 N–H and O–H groups in total. The molecule has 0 heterocycles. The SMILES string of the molecule is O=C(Cl)c1ccc(Cl)cc1OC1CC1. The van der Waals surface area contributed by atoms with Crippen molar-refractivity contribution < 1.29 is 9.53 Å². The molecule has 1 aliphatic carbocycles. The average molecular weight is 231 g/mol. The van der Waals surface area contributed by atoms with E-state index in [1.165, 1.54) is 0 Å². The van der Waals surface area contributed by atoms with Gasteiger partial charge in [-0.2, -0.15) is 0 Å². The molecule has 1 aliphatic rings. The molecule has 0 aromatic heterocycles. The maximum Gasteiger partial charge on any atom is 0.256 e. The van der Waals surface area contributed by atoms with E-state index in [9.17, 15) is 4.79 Å². The van der Waals surface area contributed by atoms with Gasteiger partial charge in [-0.1, -0.05) is 11.6 Å². The summed E-state index contributed by atoms with van der Waals surface area (Å²) in [5.41, 5.74) is 0.378. The highest BCUT2D eigenvalue weighted by Crippen LogP contribution is 2.31. The van der Waals surface area contributed by atoms with Crippen molar-refractivity contribution in [2.24, 2.45) is 0 Å². The molecule has 1 saturated carbocycles. The second-order valence-corrected chi connectivity index (χ2v) is 4.01. The van der Waals surface area contributed by atoms with Crippen molar-refractivity contribution in [1.82, 2.24) is 0 Å². The van der Waals surface area contributed by atoms with E-state index in [2.05, 4.69) is 0 Å². The summed E-state index contributed by atoms with van der Waals surface area (Å²) in [6.07, 6.45) is 2.29. The van der Waals surface area contributed by atoms with Gasteiger partial charge in [0.2, 0.25) is 0 Å². The monoisotopic (exact) mass is 230 g/mol. The van der Waals surface area contributed by atoms with Gasteiger partial charge in [-0.25, -0.2) is 0 Å². The quantitative estimate of drug-likeness (QED) is 0.746. The molecule has 0 radical (unpaired) electrons. The zero-order valence-electron chi connectivity index (χ0n) is 7.30. The molecule has 2 nitrogen and oxygen atoms in total. The highest BCUT2D eigenvalue weighted by molar-refractivity contribution is 6.68. The summed E-state index contributed by atoms with van der Waals surface area (Å²) in [7, 11) is 0. The fourth-order valence-electron chi connectivity index (χ4n) is 1.12. The van der Waals surface area contributed by atoms with Crippen molar-refractivity contribution in [3.8, 4) is 5.75 Å². The van der Waals surface area contributed by atoms with Gasteiger partial charge in [0.1, 0.15) is 5.75 Å². The van der Waals surface area contributed by atoms with Gasteiger partial charge >= 0.3 is 0 Å². The summed E-state index contributed by atoms with van der Waals surface area (Å²) in [5, 5.41) is 0.0274. The minimum absolute atomic E-state index is 0.225. The van der Waals surface area contributed by atoms with Crippen LogP contribution in [0.5, 0.6) is 5.75 Å². The predicted octanol–water partition coefficient (Wildman–Crippen LogP) is 3.26. The molecule has 1 aromatic carbocycles. The molecule has 0 amide bonds. The second-order valence-electron chi connectivity index (χ2n) is 3.23. The van der Waals surface area contributed by atoms with E-state index in [1.807, 2.05) is 0 Å². The first-order valence-electron chi connectivity index (χ1n) is 4.33. The van der Waals surface area contributed by atoms with E-state index in [-0.39, 0.29) is 6.10 Å². The normalized spacial score (nSPS) is 15.3. The first-order chi connectivity index (χ1) is 6.66. The largest absolute Gasteiger partial charge is 0.490 e. The smallest absolute Gasteiger partial charge is 0.256 e. The van der Waals surface area contributed by atoms with Gasteiger partial charge in [-0.3, -0.25) is 4.79 Å². The Kier molecular flexibility index (Phi) is 2.66. The zero-order valence-corrected chi connectivity index (χ0v) is 8.81. The average Bonchev–Trinajstić information content (AvgIpc) is 2.87. The number of ether oxygens (including phenoxy) is 1. The van der Waals surface area contributed by atoms with Gasteiger partial charge in [-0.05, 0) is 42.6 Å². The summed E-state index contributed by atoms with van der Waals surface area (Å²) in [6.45, 7) is 0. The molecule has 2 rings (SSSR count). The number of halogens is 2. The van der Waals surface area contributed by atoms with Crippen LogP contribution in [0.15, 0.2) is 18.2 Å². The number of hydrogen-bond donors (Lipinski definition) is 0. The third-order valence-electron chi connectivity index (χ3n) is 1.97. The van der Waals surface area contributed by atoms with Crippen molar-refractivity contribution in [2.45, 2.75) is 18.9 Å². The molecule has 0 saturated heterocycles. The summed E-state index contributed by atoms with van der Waals surface area (Å²) in [4.78, 5) is 11.0. The Morgan fingerprint density at radius 2 is 2.14 bits per heavy atom. The lowest BCUT2D eigenvalue weighted by Gasteiger charge is -2.07. The van der Waals surface area contributed by atoms with Crippen LogP contribution in [0.4, 0.5) is 0 Å². The van der Waals surface area contributed by atoms with Crippen LogP contribution >= 0.6 is 23.2 Å². The van der Waals surface area contributed by atoms with Crippen molar-refractivity contribution in [2.75, 3.05) is 0 Å². The fraction of sp³-hybridized carbons (Fsp3) is 0.300. The fourth-order valence-corrected chi connectivity index (χ4v) is 1.44. The molecule has 0 unspecified atom stereocenters. The van der Waals surface area contributed by atoms with E-state index >= 15 is 0 Å². The minimum atomic E-state index is -0.516. The molecule has 0 aliphatic heterocycles. The van der Waals surface area contributed by atoms with Crippen molar-refractivity contribution in [1.29, 1.82) is 0 Å². The zero-order chi connectivity index (χ0) is 10.1. The maximum absolute atomic E-state index is 11.0. The van der Waals surface area contributed by atoms with Crippen LogP contribution in [0.3, 0.4) is 0 Å². The van der Waals surface area contributed by atoms with Crippen LogP contribution in [0.1, 0.15) is 23.2 Å². The highest BCUT2D eigenvalue weighted by atomic mass is 35.5. The Balaban J connectivity index is 2.31. The standard InChI is InChI=1S/C10H8Cl2O2/c11-6-1-4-8(10(12)13)9(5-6)14-7-2-3-7/h1,4-5,7H,2-3H2. The van der Waals surface area contributed by atoms with Crippen molar-refractivity contribution >= 4 is 28.4 Å². The lowest BCUT2D eigenvalue weighted by atomic mass is 10.2. The number of benzene rings is 1. The van der Waals surface area contributed by atoms with E-state index in [0.29, 0.717) is 16.3 Å². The van der Waals surface area contributed by atoms with Gasteiger partial charge < -0.3 is 4.74 Å². The highest BCUT2D eigenvalue weighted by Gasteiger charge is 2.25. The Morgan fingerprint density at radius 1 is 1.43 bits per heavy atom. The molecule has 74 valence electrons. The van der Waals surface area contributed by atoms with E-state index in [4.69, 9.17) is 27.9 Å². The molecule has 4 heteroatoms. The van der Waals surface area contributed by atoms with Gasteiger partial charge in [0, 0.05) is 5.02 Å². The molecular formula is C10H8Cl2O2. The Hall–Kier alpha value is -0.730. The third kappa shape index (κ3) is 2.20. The summed E-state index contributed by atoms with van der Waals surface area (Å²) < 4.78 is 5.51. The number of carbonyl (C=O) groups excluding carboxylic acids is 1. The molecule has 0 spiro atoms. The first-order valence-corrected chi connectivity index (χ1v) is 5.08. The lowest BCUT2D eigenvalue weighted by molar-refractivity contribution is 0.107. The molecule has 0 atom stereocenters. The second kappa shape index (κ2) is 3.79. The van der Waals surface area contributed by atoms with Gasteiger partial charge in [0.05, 0.1) is 11.7 Å². The van der Waals surface area contributed by atoms with Crippen LogP contribution in [0.25, 0.3) is 0 Å². The topological polar surface area (TPSA) is 26.3 Å². The molecular weight excluding hydrogens is 223 g/mol. The molecule has 0 bridgehead atoms. The number of rotatable bonds is 3. The Morgan fingerprint density at radius 3 is 2.71 bits per heavy atom. The van der Waals surface area contributed by atoms with Crippen LogP contribution in [0.2, 0.25) is 5.02 Å². The van der Waals surface area contributed by atoms with E-state index < -0.39 is 5.24 Å². The van der Waals surface area contributed by atoms with Gasteiger partial charge in [0.25, 0.3) is 5.24 Å². The maximum atomic E-state index is 11.0. The lowest BCUT2D eigenvalue weighted by Crippen LogP contribution is -2.01. The summed E-state index contributed by atoms with van der Waals surface area (Å²) >= 11 is 11.2. The van der Waals surface area contributed by atoms with Crippen molar-refractivity contribution in [3.63, 3.8) is 0 Å². The minimum Gasteiger partial charge on any atom is -0.490 e. The number of carbonyl (C=O) groups is 1. The van der Waals surface area contributed by atoms with E-state index in [1.54, 1.807) is 18.2 Å². The number of hydrogen-bond acceptors (Lipinski definition) is 2.